The van der Waals surface area contributed by atoms with E-state index in [2.05, 4.69) is 20.7 Å². The lowest BCUT2D eigenvalue weighted by atomic mass is 10.0. The molecule has 0 aliphatic carbocycles. The summed E-state index contributed by atoms with van der Waals surface area (Å²) in [6.45, 7) is 0.327. The Balaban J connectivity index is 2.21. The van der Waals surface area contributed by atoms with Gasteiger partial charge in [-0.2, -0.15) is 0 Å². The predicted molar refractivity (Wildman–Crippen MR) is 156 cm³/mol. The van der Waals surface area contributed by atoms with E-state index in [9.17, 15) is 28.8 Å². The van der Waals surface area contributed by atoms with Gasteiger partial charge in [-0.3, -0.25) is 19.2 Å². The van der Waals surface area contributed by atoms with Gasteiger partial charge in [0.15, 0.2) is 0 Å². The summed E-state index contributed by atoms with van der Waals surface area (Å²) in [5.41, 5.74) is 12.3. The van der Waals surface area contributed by atoms with Crippen LogP contribution in [0.1, 0.15) is 43.2 Å². The summed E-state index contributed by atoms with van der Waals surface area (Å²) in [6.07, 6.45) is -0.146. The number of rotatable bonds is 18. The number of nitrogens with one attached hydrogen (secondary N) is 3. The van der Waals surface area contributed by atoms with Crippen LogP contribution in [0.3, 0.4) is 0 Å². The number of methoxy groups -OCH3 is 1. The van der Waals surface area contributed by atoms with Crippen LogP contribution >= 0.6 is 0 Å². The van der Waals surface area contributed by atoms with Crippen molar-refractivity contribution in [1.82, 2.24) is 16.0 Å². The second-order valence-electron chi connectivity index (χ2n) is 9.72. The van der Waals surface area contributed by atoms with E-state index in [1.807, 2.05) is 12.1 Å². The van der Waals surface area contributed by atoms with E-state index in [-0.39, 0.29) is 32.3 Å². The molecule has 0 fully saturated rings. The first kappa shape index (κ1) is 34.4. The molecule has 0 saturated carbocycles. The monoisotopic (exact) mass is 597 g/mol. The quantitative estimate of drug-likeness (QED) is 0.0926. The van der Waals surface area contributed by atoms with Gasteiger partial charge < -0.3 is 36.9 Å². The van der Waals surface area contributed by atoms with Crippen molar-refractivity contribution >= 4 is 35.6 Å². The fourth-order valence-corrected chi connectivity index (χ4v) is 4.07. The van der Waals surface area contributed by atoms with Crippen molar-refractivity contribution in [2.75, 3.05) is 13.7 Å². The molecular formula is C30H39N5O8. The van der Waals surface area contributed by atoms with Gasteiger partial charge in [0.1, 0.15) is 18.7 Å². The summed E-state index contributed by atoms with van der Waals surface area (Å²) < 4.78 is 9.76. The largest absolute Gasteiger partial charge is 0.463 e. The lowest BCUT2D eigenvalue weighted by molar-refractivity contribution is -0.153. The van der Waals surface area contributed by atoms with Crippen LogP contribution in [0.25, 0.3) is 0 Å². The van der Waals surface area contributed by atoms with E-state index >= 15 is 0 Å². The number of primary amides is 1. The summed E-state index contributed by atoms with van der Waals surface area (Å²) in [7, 11) is 1.01. The normalized spacial score (nSPS) is 12.6. The number of esters is 1. The Bertz CT molecular complexity index is 1230. The lowest BCUT2D eigenvalue weighted by Gasteiger charge is -2.25. The number of unbranched alkanes of at least 4 members (excludes halogenated alkanes) is 1. The Kier molecular flexibility index (Phi) is 14.9. The Morgan fingerprint density at radius 3 is 1.91 bits per heavy atom. The zero-order chi connectivity index (χ0) is 31.6. The molecule has 0 bridgehead atoms. The van der Waals surface area contributed by atoms with Crippen LogP contribution in [0, 0.1) is 0 Å². The van der Waals surface area contributed by atoms with Gasteiger partial charge in [-0.1, -0.05) is 60.7 Å². The first-order valence-corrected chi connectivity index (χ1v) is 13.9. The minimum atomic E-state index is -1.41. The van der Waals surface area contributed by atoms with E-state index in [0.29, 0.717) is 19.4 Å². The molecule has 13 nitrogen and oxygen atoms in total. The third-order valence-corrected chi connectivity index (χ3v) is 6.38. The van der Waals surface area contributed by atoms with Crippen molar-refractivity contribution < 1.29 is 38.2 Å². The third-order valence-electron chi connectivity index (χ3n) is 6.38. The Labute approximate surface area is 250 Å². The molecule has 0 radical (unpaired) electrons. The number of nitrogens with two attached hydrogens (primary N) is 2. The van der Waals surface area contributed by atoms with Crippen molar-refractivity contribution in [2.45, 2.75) is 63.3 Å². The van der Waals surface area contributed by atoms with Crippen molar-refractivity contribution in [2.24, 2.45) is 11.5 Å². The Morgan fingerprint density at radius 1 is 0.744 bits per heavy atom. The van der Waals surface area contributed by atoms with Gasteiger partial charge >= 0.3 is 12.1 Å². The molecule has 0 aliphatic rings. The van der Waals surface area contributed by atoms with Crippen LogP contribution < -0.4 is 27.4 Å². The molecule has 0 aromatic heterocycles. The number of carbonyl (C=O) groups excluding carboxylic acids is 6. The molecule has 0 unspecified atom stereocenters. The number of amides is 4. The molecule has 7 N–H and O–H groups in total. The van der Waals surface area contributed by atoms with Crippen molar-refractivity contribution in [3.63, 3.8) is 0 Å². The first-order valence-electron chi connectivity index (χ1n) is 13.9. The second-order valence-corrected chi connectivity index (χ2v) is 9.72. The van der Waals surface area contributed by atoms with Crippen molar-refractivity contribution in [3.8, 4) is 0 Å². The number of ether oxygens (including phenoxy) is 2. The molecule has 3 atom stereocenters. The van der Waals surface area contributed by atoms with Crippen molar-refractivity contribution in [1.29, 1.82) is 0 Å². The average molecular weight is 598 g/mol. The fraction of sp³-hybridized carbons (Fsp3) is 0.400. The van der Waals surface area contributed by atoms with E-state index < -0.39 is 53.7 Å². The van der Waals surface area contributed by atoms with Gasteiger partial charge in [-0.25, -0.2) is 9.59 Å². The Hall–Kier alpha value is -4.78. The molecule has 0 spiro atoms. The second kappa shape index (κ2) is 18.6. The number of hydrogen-bond donors (Lipinski definition) is 5. The minimum Gasteiger partial charge on any atom is -0.463 e. The third kappa shape index (κ3) is 12.7. The SMILES string of the molecule is COC(=O)C(=O)[C@H](CCC(N)=O)NC(=O)[C@H](CCCCN)NC(=O)[C@H](Cc1ccccc1)NC(=O)OCc1ccccc1. The summed E-state index contributed by atoms with van der Waals surface area (Å²) in [5, 5.41) is 7.65. The number of alkyl carbamates (subject to hydrolysis) is 1. The first-order chi connectivity index (χ1) is 20.6. The van der Waals surface area contributed by atoms with E-state index in [4.69, 9.17) is 16.2 Å². The highest BCUT2D eigenvalue weighted by Gasteiger charge is 2.32. The highest BCUT2D eigenvalue weighted by atomic mass is 16.5. The smallest absolute Gasteiger partial charge is 0.408 e. The highest BCUT2D eigenvalue weighted by molar-refractivity contribution is 6.36. The number of hydrogen-bond acceptors (Lipinski definition) is 9. The average Bonchev–Trinajstić information content (AvgIpc) is 3.01. The van der Waals surface area contributed by atoms with Crippen molar-refractivity contribution in [3.05, 3.63) is 71.8 Å². The highest BCUT2D eigenvalue weighted by Crippen LogP contribution is 2.09. The van der Waals surface area contributed by atoms with E-state index in [1.165, 1.54) is 0 Å². The Morgan fingerprint density at radius 2 is 1.33 bits per heavy atom. The van der Waals surface area contributed by atoms with Crippen LogP contribution in [-0.2, 0) is 46.5 Å². The molecule has 232 valence electrons. The minimum absolute atomic E-state index is 0.0165. The van der Waals surface area contributed by atoms with Gasteiger partial charge in [-0.05, 0) is 43.4 Å². The molecule has 2 aromatic carbocycles. The zero-order valence-corrected chi connectivity index (χ0v) is 24.1. The molecule has 0 aliphatic heterocycles. The maximum absolute atomic E-state index is 13.5. The maximum atomic E-state index is 13.5. The number of ketones is 1. The summed E-state index contributed by atoms with van der Waals surface area (Å²) in [4.78, 5) is 75.2. The van der Waals surface area contributed by atoms with Crippen LogP contribution in [0.15, 0.2) is 60.7 Å². The predicted octanol–water partition coefficient (Wildman–Crippen LogP) is 0.630. The van der Waals surface area contributed by atoms with Gasteiger partial charge in [0.25, 0.3) is 5.78 Å². The molecule has 0 saturated heterocycles. The maximum Gasteiger partial charge on any atom is 0.408 e. The van der Waals surface area contributed by atoms with Crippen LogP contribution in [0.2, 0.25) is 0 Å². The summed E-state index contributed by atoms with van der Waals surface area (Å²) >= 11 is 0. The fourth-order valence-electron chi connectivity index (χ4n) is 4.07. The van der Waals surface area contributed by atoms with E-state index in [1.54, 1.807) is 48.5 Å². The number of benzene rings is 2. The van der Waals surface area contributed by atoms with Crippen LogP contribution in [0.5, 0.6) is 0 Å². The topological polar surface area (TPSA) is 209 Å². The molecule has 2 aromatic rings. The molecule has 4 amide bonds. The number of Topliss-reactive ketones (excluding diaryl/α,β-unsaturated/α-hetero) is 1. The van der Waals surface area contributed by atoms with Gasteiger partial charge in [-0.15, -0.1) is 0 Å². The van der Waals surface area contributed by atoms with E-state index in [0.717, 1.165) is 18.2 Å². The lowest BCUT2D eigenvalue weighted by Crippen LogP contribution is -2.56. The van der Waals surface area contributed by atoms with Gasteiger partial charge in [0.05, 0.1) is 13.2 Å². The van der Waals surface area contributed by atoms with Crippen LogP contribution in [-0.4, -0.2) is 67.3 Å². The van der Waals surface area contributed by atoms with Crippen LogP contribution in [0.4, 0.5) is 4.79 Å². The summed E-state index contributed by atoms with van der Waals surface area (Å²) in [5.74, 6) is -4.48. The molecule has 43 heavy (non-hydrogen) atoms. The molecule has 13 heteroatoms. The van der Waals surface area contributed by atoms with Gasteiger partial charge in [0.2, 0.25) is 17.7 Å². The van der Waals surface area contributed by atoms with Gasteiger partial charge in [0, 0.05) is 12.8 Å². The molecule has 2 rings (SSSR count). The zero-order valence-electron chi connectivity index (χ0n) is 24.1. The standard InChI is InChI=1S/C30H39N5O8/c1-42-29(40)26(37)22(15-16-25(32)36)33-27(38)23(14-8-9-17-31)34-28(39)24(18-20-10-4-2-5-11-20)35-30(41)43-19-21-12-6-3-7-13-21/h2-7,10-13,22-24H,8-9,14-19,31H2,1H3,(H2,32,36)(H,33,38)(H,34,39)(H,35,41)/t22-,23-,24-/m0/s1. The number of carbonyl (C=O) groups is 6. The molecular weight excluding hydrogens is 558 g/mol. The molecule has 0 heterocycles. The summed E-state index contributed by atoms with van der Waals surface area (Å²) in [6, 6.07) is 14.2.